The number of ether oxygens (including phenoxy) is 2. The Bertz CT molecular complexity index is 423. The maximum atomic E-state index is 5.98. The largest absolute Gasteiger partial charge is 0.496 e. The predicted molar refractivity (Wildman–Crippen MR) is 76.5 cm³/mol. The van der Waals surface area contributed by atoms with Gasteiger partial charge in [-0.15, -0.1) is 0 Å². The van der Waals surface area contributed by atoms with Crippen LogP contribution in [-0.2, 0) is 4.74 Å². The first-order chi connectivity index (χ1) is 9.19. The van der Waals surface area contributed by atoms with Crippen LogP contribution in [0.3, 0.4) is 0 Å². The van der Waals surface area contributed by atoms with Gasteiger partial charge in [0.2, 0.25) is 0 Å². The molecule has 1 saturated heterocycles. The molecule has 19 heavy (non-hydrogen) atoms. The summed E-state index contributed by atoms with van der Waals surface area (Å²) in [5.74, 6) is 0.927. The van der Waals surface area contributed by atoms with E-state index in [1.54, 1.807) is 14.2 Å². The highest BCUT2D eigenvalue weighted by Crippen LogP contribution is 2.28. The predicted octanol–water partition coefficient (Wildman–Crippen LogP) is 1.72. The lowest BCUT2D eigenvalue weighted by Gasteiger charge is -2.27. The van der Waals surface area contributed by atoms with Crippen LogP contribution in [0.25, 0.3) is 0 Å². The van der Waals surface area contributed by atoms with Crippen LogP contribution in [0.15, 0.2) is 18.2 Å². The van der Waals surface area contributed by atoms with Crippen LogP contribution >= 0.6 is 0 Å². The van der Waals surface area contributed by atoms with Crippen LogP contribution in [0, 0.1) is 6.92 Å². The van der Waals surface area contributed by atoms with Crippen LogP contribution < -0.4 is 10.5 Å². The maximum absolute atomic E-state index is 5.98. The summed E-state index contributed by atoms with van der Waals surface area (Å²) in [5.41, 5.74) is 8.39. The number of likely N-dealkylation sites (tertiary alicyclic amines) is 1. The molecule has 106 valence electrons. The van der Waals surface area contributed by atoms with E-state index in [0.717, 1.165) is 30.8 Å². The summed E-state index contributed by atoms with van der Waals surface area (Å²) in [6, 6.07) is 6.58. The van der Waals surface area contributed by atoms with Crippen LogP contribution in [0.5, 0.6) is 5.75 Å². The van der Waals surface area contributed by atoms with E-state index in [2.05, 4.69) is 24.0 Å². The summed E-state index contributed by atoms with van der Waals surface area (Å²) in [4.78, 5) is 2.41. The highest BCUT2D eigenvalue weighted by atomic mass is 16.5. The van der Waals surface area contributed by atoms with Gasteiger partial charge in [-0.05, 0) is 30.5 Å². The fraction of sp³-hybridized carbons (Fsp3) is 0.600. The number of aryl methyl sites for hydroxylation is 1. The summed E-state index contributed by atoms with van der Waals surface area (Å²) in [6.07, 6.45) is 1.43. The smallest absolute Gasteiger partial charge is 0.121 e. The van der Waals surface area contributed by atoms with Crippen molar-refractivity contribution in [2.24, 2.45) is 5.73 Å². The first kappa shape index (κ1) is 14.3. The van der Waals surface area contributed by atoms with Crippen LogP contribution in [-0.4, -0.2) is 44.9 Å². The molecule has 0 amide bonds. The van der Waals surface area contributed by atoms with Crippen molar-refractivity contribution in [2.75, 3.05) is 33.9 Å². The summed E-state index contributed by atoms with van der Waals surface area (Å²) in [7, 11) is 3.48. The monoisotopic (exact) mass is 264 g/mol. The summed E-state index contributed by atoms with van der Waals surface area (Å²) < 4.78 is 10.7. The van der Waals surface area contributed by atoms with Crippen molar-refractivity contribution in [1.82, 2.24) is 4.90 Å². The van der Waals surface area contributed by atoms with E-state index in [4.69, 9.17) is 15.2 Å². The van der Waals surface area contributed by atoms with Gasteiger partial charge in [0.1, 0.15) is 5.75 Å². The number of hydrogen-bond acceptors (Lipinski definition) is 4. The molecule has 1 heterocycles. The zero-order valence-electron chi connectivity index (χ0n) is 12.1. The van der Waals surface area contributed by atoms with Gasteiger partial charge in [-0.3, -0.25) is 4.90 Å². The molecule has 0 bridgehead atoms. The Kier molecular flexibility index (Phi) is 4.80. The number of methoxy groups -OCH3 is 2. The number of nitrogens with two attached hydrogens (primary N) is 1. The maximum Gasteiger partial charge on any atom is 0.121 e. The molecule has 1 aromatic rings. The van der Waals surface area contributed by atoms with Gasteiger partial charge in [0.15, 0.2) is 0 Å². The lowest BCUT2D eigenvalue weighted by atomic mass is 10.0. The van der Waals surface area contributed by atoms with E-state index in [0.29, 0.717) is 12.6 Å². The molecule has 2 unspecified atom stereocenters. The Morgan fingerprint density at radius 3 is 2.74 bits per heavy atom. The average molecular weight is 264 g/mol. The van der Waals surface area contributed by atoms with E-state index in [1.165, 1.54) is 5.56 Å². The molecule has 0 spiro atoms. The van der Waals surface area contributed by atoms with Gasteiger partial charge in [0, 0.05) is 32.8 Å². The molecule has 0 radical (unpaired) electrons. The third kappa shape index (κ3) is 3.08. The van der Waals surface area contributed by atoms with E-state index in [1.807, 2.05) is 6.07 Å². The van der Waals surface area contributed by atoms with Crippen LogP contribution in [0.2, 0.25) is 0 Å². The molecule has 0 aliphatic carbocycles. The van der Waals surface area contributed by atoms with E-state index in [9.17, 15) is 0 Å². The quantitative estimate of drug-likeness (QED) is 0.880. The molecule has 0 saturated carbocycles. The fourth-order valence-electron chi connectivity index (χ4n) is 2.83. The minimum absolute atomic E-state index is 0.268. The first-order valence-electron chi connectivity index (χ1n) is 6.81. The van der Waals surface area contributed by atoms with Crippen molar-refractivity contribution in [1.29, 1.82) is 0 Å². The van der Waals surface area contributed by atoms with Crippen LogP contribution in [0.1, 0.15) is 23.6 Å². The molecule has 1 fully saturated rings. The number of benzene rings is 1. The molecule has 1 aliphatic heterocycles. The van der Waals surface area contributed by atoms with Gasteiger partial charge in [-0.1, -0.05) is 12.1 Å². The minimum atomic E-state index is 0.268. The lowest BCUT2D eigenvalue weighted by Crippen LogP contribution is -2.33. The zero-order chi connectivity index (χ0) is 13.8. The molecule has 4 heteroatoms. The summed E-state index contributed by atoms with van der Waals surface area (Å²) in [6.45, 7) is 4.70. The fourth-order valence-corrected chi connectivity index (χ4v) is 2.83. The van der Waals surface area contributed by atoms with Gasteiger partial charge >= 0.3 is 0 Å². The first-order valence-corrected chi connectivity index (χ1v) is 6.81. The number of hydrogen-bond donors (Lipinski definition) is 1. The number of rotatable bonds is 5. The Morgan fingerprint density at radius 2 is 2.21 bits per heavy atom. The highest BCUT2D eigenvalue weighted by molar-refractivity contribution is 5.37. The molecule has 0 aromatic heterocycles. The van der Waals surface area contributed by atoms with Gasteiger partial charge in [-0.2, -0.15) is 0 Å². The molecular formula is C15H24N2O2. The molecule has 1 aromatic carbocycles. The molecule has 2 N–H and O–H groups in total. The lowest BCUT2D eigenvalue weighted by molar-refractivity contribution is 0.101. The average Bonchev–Trinajstić information content (AvgIpc) is 2.88. The third-order valence-electron chi connectivity index (χ3n) is 3.98. The van der Waals surface area contributed by atoms with Crippen molar-refractivity contribution in [3.63, 3.8) is 0 Å². The normalized spacial score (nSPS) is 21.6. The van der Waals surface area contributed by atoms with E-state index >= 15 is 0 Å². The molecule has 2 atom stereocenters. The Morgan fingerprint density at radius 1 is 1.42 bits per heavy atom. The third-order valence-corrected chi connectivity index (χ3v) is 3.98. The van der Waals surface area contributed by atoms with Gasteiger partial charge in [0.05, 0.1) is 13.2 Å². The SMILES string of the molecule is COc1ccc(C(CN)N2CCC(OC)C2)cc1C. The van der Waals surface area contributed by atoms with Crippen molar-refractivity contribution in [2.45, 2.75) is 25.5 Å². The Hall–Kier alpha value is -1.10. The Balaban J connectivity index is 2.15. The topological polar surface area (TPSA) is 47.7 Å². The molecule has 2 rings (SSSR count). The van der Waals surface area contributed by atoms with Gasteiger partial charge < -0.3 is 15.2 Å². The molecular weight excluding hydrogens is 240 g/mol. The van der Waals surface area contributed by atoms with Crippen molar-refractivity contribution < 1.29 is 9.47 Å². The second kappa shape index (κ2) is 6.37. The molecule has 4 nitrogen and oxygen atoms in total. The van der Waals surface area contributed by atoms with Crippen LogP contribution in [0.4, 0.5) is 0 Å². The van der Waals surface area contributed by atoms with E-state index < -0.39 is 0 Å². The summed E-state index contributed by atoms with van der Waals surface area (Å²) >= 11 is 0. The molecule has 1 aliphatic rings. The standard InChI is InChI=1S/C15H24N2O2/c1-11-8-12(4-5-15(11)19-3)14(9-16)17-7-6-13(10-17)18-2/h4-5,8,13-14H,6-7,9-10,16H2,1-3H3. The van der Waals surface area contributed by atoms with Gasteiger partial charge in [0.25, 0.3) is 0 Å². The highest BCUT2D eigenvalue weighted by Gasteiger charge is 2.28. The zero-order valence-corrected chi connectivity index (χ0v) is 12.1. The van der Waals surface area contributed by atoms with Crippen molar-refractivity contribution in [3.05, 3.63) is 29.3 Å². The van der Waals surface area contributed by atoms with E-state index in [-0.39, 0.29) is 6.04 Å². The van der Waals surface area contributed by atoms with Crippen molar-refractivity contribution >= 4 is 0 Å². The minimum Gasteiger partial charge on any atom is -0.496 e. The second-order valence-electron chi connectivity index (χ2n) is 5.12. The second-order valence-corrected chi connectivity index (χ2v) is 5.12. The Labute approximate surface area is 115 Å². The number of nitrogens with zero attached hydrogens (tertiary/aromatic N) is 1. The van der Waals surface area contributed by atoms with Crippen molar-refractivity contribution in [3.8, 4) is 5.75 Å². The van der Waals surface area contributed by atoms with Gasteiger partial charge in [-0.25, -0.2) is 0 Å². The summed E-state index contributed by atoms with van der Waals surface area (Å²) in [5, 5.41) is 0.